The molecule has 1 heterocycles. The molecular weight excluding hydrogens is 255 g/mol. The van der Waals surface area contributed by atoms with Crippen LogP contribution in [0.25, 0.3) is 10.8 Å². The number of benzene rings is 2. The lowest BCUT2D eigenvalue weighted by Gasteiger charge is -2.11. The minimum atomic E-state index is -0.370. The number of halogens is 1. The van der Waals surface area contributed by atoms with Crippen LogP contribution in [0.1, 0.15) is 5.56 Å². The second-order valence-corrected chi connectivity index (χ2v) is 4.36. The van der Waals surface area contributed by atoms with Gasteiger partial charge in [0.05, 0.1) is 0 Å². The average molecular weight is 268 g/mol. The minimum Gasteiger partial charge on any atom is -0.438 e. The standard InChI is InChI=1S/C16H13FN2O/c17-14-6-3-7-15(13(14)10-18)20-16-12-5-2-1-4-11(12)8-9-19-16/h1-9H,10,18H2. The monoisotopic (exact) mass is 268 g/mol. The molecule has 1 aromatic heterocycles. The van der Waals surface area contributed by atoms with Gasteiger partial charge in [0, 0.05) is 23.7 Å². The molecule has 20 heavy (non-hydrogen) atoms. The van der Waals surface area contributed by atoms with E-state index in [-0.39, 0.29) is 12.4 Å². The van der Waals surface area contributed by atoms with Crippen molar-refractivity contribution in [2.45, 2.75) is 6.54 Å². The van der Waals surface area contributed by atoms with Gasteiger partial charge in [-0.1, -0.05) is 24.3 Å². The van der Waals surface area contributed by atoms with E-state index in [1.807, 2.05) is 30.3 Å². The molecule has 0 radical (unpaired) electrons. The van der Waals surface area contributed by atoms with Gasteiger partial charge in [-0.25, -0.2) is 9.37 Å². The van der Waals surface area contributed by atoms with Gasteiger partial charge in [-0.15, -0.1) is 0 Å². The maximum absolute atomic E-state index is 13.7. The molecule has 2 aromatic carbocycles. The van der Waals surface area contributed by atoms with Crippen molar-refractivity contribution in [1.29, 1.82) is 0 Å². The van der Waals surface area contributed by atoms with Gasteiger partial charge in [-0.3, -0.25) is 0 Å². The zero-order chi connectivity index (χ0) is 13.9. The Morgan fingerprint density at radius 3 is 2.75 bits per heavy atom. The second kappa shape index (κ2) is 5.27. The van der Waals surface area contributed by atoms with Gasteiger partial charge in [0.25, 0.3) is 0 Å². The summed E-state index contributed by atoms with van der Waals surface area (Å²) in [7, 11) is 0. The number of rotatable bonds is 3. The van der Waals surface area contributed by atoms with Gasteiger partial charge in [-0.05, 0) is 29.7 Å². The first-order valence-corrected chi connectivity index (χ1v) is 6.28. The van der Waals surface area contributed by atoms with Crippen LogP contribution in [-0.4, -0.2) is 4.98 Å². The Bertz CT molecular complexity index is 753. The highest BCUT2D eigenvalue weighted by atomic mass is 19.1. The highest BCUT2D eigenvalue weighted by Crippen LogP contribution is 2.30. The Morgan fingerprint density at radius 1 is 1.05 bits per heavy atom. The third-order valence-corrected chi connectivity index (χ3v) is 3.12. The summed E-state index contributed by atoms with van der Waals surface area (Å²) in [6.07, 6.45) is 1.67. The number of nitrogens with two attached hydrogens (primary N) is 1. The lowest BCUT2D eigenvalue weighted by atomic mass is 10.1. The van der Waals surface area contributed by atoms with E-state index in [0.717, 1.165) is 10.8 Å². The van der Waals surface area contributed by atoms with Crippen LogP contribution >= 0.6 is 0 Å². The van der Waals surface area contributed by atoms with Crippen LogP contribution in [0.3, 0.4) is 0 Å². The predicted molar refractivity (Wildman–Crippen MR) is 76.1 cm³/mol. The molecule has 0 atom stereocenters. The van der Waals surface area contributed by atoms with Gasteiger partial charge >= 0.3 is 0 Å². The summed E-state index contributed by atoms with van der Waals surface area (Å²) < 4.78 is 19.5. The highest BCUT2D eigenvalue weighted by molar-refractivity contribution is 5.86. The van der Waals surface area contributed by atoms with E-state index >= 15 is 0 Å². The molecule has 0 spiro atoms. The molecule has 0 saturated carbocycles. The largest absolute Gasteiger partial charge is 0.438 e. The van der Waals surface area contributed by atoms with Gasteiger partial charge < -0.3 is 10.5 Å². The first kappa shape index (κ1) is 12.6. The normalized spacial score (nSPS) is 10.7. The molecule has 0 fully saturated rings. The summed E-state index contributed by atoms with van der Waals surface area (Å²) in [5.41, 5.74) is 5.93. The molecule has 4 heteroatoms. The molecule has 0 aliphatic heterocycles. The molecule has 3 rings (SSSR count). The van der Waals surface area contributed by atoms with Crippen LogP contribution in [0, 0.1) is 5.82 Å². The van der Waals surface area contributed by atoms with Gasteiger partial charge in [0.2, 0.25) is 5.88 Å². The van der Waals surface area contributed by atoms with Crippen LogP contribution in [0.2, 0.25) is 0 Å². The van der Waals surface area contributed by atoms with E-state index in [4.69, 9.17) is 10.5 Å². The molecule has 0 aliphatic carbocycles. The molecule has 100 valence electrons. The smallest absolute Gasteiger partial charge is 0.227 e. The van der Waals surface area contributed by atoms with Crippen molar-refractivity contribution in [1.82, 2.24) is 4.98 Å². The number of nitrogens with zero attached hydrogens (tertiary/aromatic N) is 1. The summed E-state index contributed by atoms with van der Waals surface area (Å²) in [6, 6.07) is 14.3. The van der Waals surface area contributed by atoms with Crippen molar-refractivity contribution < 1.29 is 9.13 Å². The summed E-state index contributed by atoms with van der Waals surface area (Å²) in [5, 5.41) is 1.89. The summed E-state index contributed by atoms with van der Waals surface area (Å²) in [5.74, 6) is 0.477. The maximum atomic E-state index is 13.7. The zero-order valence-corrected chi connectivity index (χ0v) is 10.7. The van der Waals surface area contributed by atoms with E-state index in [9.17, 15) is 4.39 Å². The second-order valence-electron chi connectivity index (χ2n) is 4.36. The molecule has 3 nitrogen and oxygen atoms in total. The summed E-state index contributed by atoms with van der Waals surface area (Å²) in [6.45, 7) is 0.0762. The number of ether oxygens (including phenoxy) is 1. The van der Waals surface area contributed by atoms with Crippen LogP contribution in [-0.2, 0) is 6.54 Å². The fourth-order valence-corrected chi connectivity index (χ4v) is 2.11. The van der Waals surface area contributed by atoms with Gasteiger partial charge in [0.15, 0.2) is 0 Å². The van der Waals surface area contributed by atoms with E-state index in [1.54, 1.807) is 18.3 Å². The lowest BCUT2D eigenvalue weighted by molar-refractivity contribution is 0.455. The Morgan fingerprint density at radius 2 is 1.90 bits per heavy atom. The number of pyridine rings is 1. The Hall–Kier alpha value is -2.46. The average Bonchev–Trinajstić information content (AvgIpc) is 2.48. The molecule has 0 unspecified atom stereocenters. The van der Waals surface area contributed by atoms with Crippen molar-refractivity contribution in [3.05, 3.63) is 66.1 Å². The quantitative estimate of drug-likeness (QED) is 0.789. The lowest BCUT2D eigenvalue weighted by Crippen LogP contribution is -2.03. The Kier molecular flexibility index (Phi) is 3.31. The van der Waals surface area contributed by atoms with Crippen molar-refractivity contribution in [2.24, 2.45) is 5.73 Å². The van der Waals surface area contributed by atoms with Crippen molar-refractivity contribution in [3.63, 3.8) is 0 Å². The maximum Gasteiger partial charge on any atom is 0.227 e. The molecule has 0 saturated heterocycles. The molecule has 0 aliphatic rings. The van der Waals surface area contributed by atoms with E-state index < -0.39 is 0 Å². The zero-order valence-electron chi connectivity index (χ0n) is 10.7. The summed E-state index contributed by atoms with van der Waals surface area (Å²) >= 11 is 0. The Labute approximate surface area is 115 Å². The number of hydrogen-bond donors (Lipinski definition) is 1. The molecule has 2 N–H and O–H groups in total. The first-order chi connectivity index (χ1) is 9.79. The fourth-order valence-electron chi connectivity index (χ4n) is 2.11. The third-order valence-electron chi connectivity index (χ3n) is 3.12. The van der Waals surface area contributed by atoms with Gasteiger partial charge in [-0.2, -0.15) is 0 Å². The topological polar surface area (TPSA) is 48.1 Å². The Balaban J connectivity index is 2.08. The van der Waals surface area contributed by atoms with Crippen molar-refractivity contribution >= 4 is 10.8 Å². The molecule has 3 aromatic rings. The molecule has 0 amide bonds. The van der Waals surface area contributed by atoms with Crippen LogP contribution in [0.5, 0.6) is 11.6 Å². The highest BCUT2D eigenvalue weighted by Gasteiger charge is 2.11. The number of fused-ring (bicyclic) bond motifs is 1. The van der Waals surface area contributed by atoms with Gasteiger partial charge in [0.1, 0.15) is 11.6 Å². The SMILES string of the molecule is NCc1c(F)cccc1Oc1nccc2ccccc12. The van der Waals surface area contributed by atoms with Crippen molar-refractivity contribution in [2.75, 3.05) is 0 Å². The third kappa shape index (κ3) is 2.21. The fraction of sp³-hybridized carbons (Fsp3) is 0.0625. The van der Waals surface area contributed by atoms with Crippen LogP contribution < -0.4 is 10.5 Å². The van der Waals surface area contributed by atoms with Crippen LogP contribution in [0.15, 0.2) is 54.7 Å². The molecule has 0 bridgehead atoms. The van der Waals surface area contributed by atoms with Crippen LogP contribution in [0.4, 0.5) is 4.39 Å². The van der Waals surface area contributed by atoms with E-state index in [0.29, 0.717) is 17.2 Å². The number of hydrogen-bond acceptors (Lipinski definition) is 3. The van der Waals surface area contributed by atoms with Crippen molar-refractivity contribution in [3.8, 4) is 11.6 Å². The first-order valence-electron chi connectivity index (χ1n) is 6.28. The molecular formula is C16H13FN2O. The van der Waals surface area contributed by atoms with E-state index in [1.165, 1.54) is 6.07 Å². The minimum absolute atomic E-state index is 0.0762. The summed E-state index contributed by atoms with van der Waals surface area (Å²) in [4.78, 5) is 4.22. The number of aromatic nitrogens is 1. The van der Waals surface area contributed by atoms with E-state index in [2.05, 4.69) is 4.98 Å². The predicted octanol–water partition coefficient (Wildman–Crippen LogP) is 3.62.